The molecule has 1 aromatic heterocycles. The highest BCUT2D eigenvalue weighted by Crippen LogP contribution is 2.28. The molecule has 3 aliphatic rings. The SMILES string of the molecule is N#Cc1coc(Oc2ccc(C(=O)N[C@H]3CN4CCC3CC4)cc2)n1. The van der Waals surface area contributed by atoms with E-state index in [0.29, 0.717) is 17.2 Å². The minimum atomic E-state index is -0.0619. The molecule has 4 heterocycles. The van der Waals surface area contributed by atoms with Crippen molar-refractivity contribution in [1.82, 2.24) is 15.2 Å². The van der Waals surface area contributed by atoms with Gasteiger partial charge in [0.25, 0.3) is 5.91 Å². The lowest BCUT2D eigenvalue weighted by Crippen LogP contribution is -2.57. The van der Waals surface area contributed by atoms with Crippen LogP contribution in [0.3, 0.4) is 0 Å². The minimum absolute atomic E-state index is 0.000956. The normalized spacial score (nSPS) is 24.5. The first kappa shape index (κ1) is 15.7. The molecule has 1 atom stereocenters. The molecule has 7 heteroatoms. The first-order valence-electron chi connectivity index (χ1n) is 8.38. The molecule has 0 spiro atoms. The third-order valence-electron chi connectivity index (χ3n) is 4.89. The van der Waals surface area contributed by atoms with Crippen molar-refractivity contribution in [2.45, 2.75) is 18.9 Å². The lowest BCUT2D eigenvalue weighted by atomic mass is 9.84. The fourth-order valence-electron chi connectivity index (χ4n) is 3.51. The van der Waals surface area contributed by atoms with Crippen molar-refractivity contribution in [2.24, 2.45) is 5.92 Å². The monoisotopic (exact) mass is 338 g/mol. The van der Waals surface area contributed by atoms with Crippen molar-refractivity contribution >= 4 is 5.91 Å². The number of amides is 1. The summed E-state index contributed by atoms with van der Waals surface area (Å²) in [7, 11) is 0. The second-order valence-corrected chi connectivity index (χ2v) is 6.45. The van der Waals surface area contributed by atoms with Gasteiger partial charge in [-0.1, -0.05) is 0 Å². The first-order valence-corrected chi connectivity index (χ1v) is 8.38. The third-order valence-corrected chi connectivity index (χ3v) is 4.89. The number of nitrogens with one attached hydrogen (secondary N) is 1. The van der Waals surface area contributed by atoms with E-state index in [-0.39, 0.29) is 23.7 Å². The van der Waals surface area contributed by atoms with E-state index in [1.807, 2.05) is 6.07 Å². The zero-order valence-corrected chi connectivity index (χ0v) is 13.6. The van der Waals surface area contributed by atoms with Crippen molar-refractivity contribution in [1.29, 1.82) is 5.26 Å². The van der Waals surface area contributed by atoms with Crippen molar-refractivity contribution in [2.75, 3.05) is 19.6 Å². The van der Waals surface area contributed by atoms with E-state index in [9.17, 15) is 4.79 Å². The number of ether oxygens (including phenoxy) is 1. The van der Waals surface area contributed by atoms with Gasteiger partial charge in [0.2, 0.25) is 0 Å². The number of nitriles is 1. The van der Waals surface area contributed by atoms with Crippen LogP contribution in [-0.2, 0) is 0 Å². The van der Waals surface area contributed by atoms with Crippen LogP contribution in [0.15, 0.2) is 34.9 Å². The predicted octanol–water partition coefficient (Wildman–Crippen LogP) is 2.16. The summed E-state index contributed by atoms with van der Waals surface area (Å²) in [5, 5.41) is 11.9. The van der Waals surface area contributed by atoms with Gasteiger partial charge in [-0.15, -0.1) is 0 Å². The Morgan fingerprint density at radius 3 is 2.68 bits per heavy atom. The molecule has 5 rings (SSSR count). The number of hydrogen-bond acceptors (Lipinski definition) is 6. The Morgan fingerprint density at radius 1 is 1.32 bits per heavy atom. The van der Waals surface area contributed by atoms with Crippen LogP contribution in [0.25, 0.3) is 0 Å². The Labute approximate surface area is 145 Å². The molecule has 3 saturated heterocycles. The standard InChI is InChI=1S/C18H18N4O3/c19-9-14-11-24-18(20-14)25-15-3-1-13(2-4-15)17(23)21-16-10-22-7-5-12(16)6-8-22/h1-4,11-12,16H,5-8,10H2,(H,21,23)/t16-/m0/s1. The zero-order chi connectivity index (χ0) is 17.2. The molecule has 1 amide bonds. The van der Waals surface area contributed by atoms with E-state index in [2.05, 4.69) is 15.2 Å². The molecule has 1 N–H and O–H groups in total. The first-order chi connectivity index (χ1) is 12.2. The summed E-state index contributed by atoms with van der Waals surface area (Å²) < 4.78 is 10.4. The van der Waals surface area contributed by atoms with E-state index >= 15 is 0 Å². The summed E-state index contributed by atoms with van der Waals surface area (Å²) >= 11 is 0. The lowest BCUT2D eigenvalue weighted by Gasteiger charge is -2.44. The molecule has 2 bridgehead atoms. The van der Waals surface area contributed by atoms with Crippen LogP contribution in [0.2, 0.25) is 0 Å². The number of oxazole rings is 1. The van der Waals surface area contributed by atoms with E-state index in [1.165, 1.54) is 19.1 Å². The summed E-state index contributed by atoms with van der Waals surface area (Å²) in [4.78, 5) is 18.7. The summed E-state index contributed by atoms with van der Waals surface area (Å²) in [6.07, 6.45) is 3.56. The molecule has 2 aromatic rings. The van der Waals surface area contributed by atoms with Gasteiger partial charge < -0.3 is 19.4 Å². The Bertz CT molecular complexity index is 800. The Morgan fingerprint density at radius 2 is 2.08 bits per heavy atom. The van der Waals surface area contributed by atoms with Gasteiger partial charge in [0.15, 0.2) is 5.69 Å². The van der Waals surface area contributed by atoms with Crippen molar-refractivity contribution in [3.63, 3.8) is 0 Å². The second-order valence-electron chi connectivity index (χ2n) is 6.45. The molecule has 3 fully saturated rings. The summed E-state index contributed by atoms with van der Waals surface area (Å²) in [6, 6.07) is 8.89. The van der Waals surface area contributed by atoms with Crippen LogP contribution in [0.1, 0.15) is 28.9 Å². The topological polar surface area (TPSA) is 91.4 Å². The number of hydrogen-bond donors (Lipinski definition) is 1. The minimum Gasteiger partial charge on any atom is -0.416 e. The largest absolute Gasteiger partial charge is 0.416 e. The van der Waals surface area contributed by atoms with E-state index in [1.54, 1.807) is 24.3 Å². The van der Waals surface area contributed by atoms with Crippen molar-refractivity contribution in [3.05, 3.63) is 41.8 Å². The quantitative estimate of drug-likeness (QED) is 0.918. The fraction of sp³-hybridized carbons (Fsp3) is 0.389. The number of nitrogens with zero attached hydrogens (tertiary/aromatic N) is 3. The predicted molar refractivity (Wildman–Crippen MR) is 88.2 cm³/mol. The van der Waals surface area contributed by atoms with E-state index < -0.39 is 0 Å². The summed E-state index contributed by atoms with van der Waals surface area (Å²) in [6.45, 7) is 3.25. The van der Waals surface area contributed by atoms with Gasteiger partial charge in [-0.05, 0) is 56.1 Å². The van der Waals surface area contributed by atoms with Crippen molar-refractivity contribution in [3.8, 4) is 17.9 Å². The van der Waals surface area contributed by atoms with Crippen LogP contribution in [0, 0.1) is 17.2 Å². The molecule has 128 valence electrons. The number of piperidine rings is 3. The van der Waals surface area contributed by atoms with Crippen LogP contribution in [0.5, 0.6) is 11.8 Å². The molecule has 7 nitrogen and oxygen atoms in total. The van der Waals surface area contributed by atoms with E-state index in [0.717, 1.165) is 19.6 Å². The van der Waals surface area contributed by atoms with Crippen LogP contribution >= 0.6 is 0 Å². The average molecular weight is 338 g/mol. The fourth-order valence-corrected chi connectivity index (χ4v) is 3.51. The van der Waals surface area contributed by atoms with Crippen LogP contribution in [0.4, 0.5) is 0 Å². The Hall–Kier alpha value is -2.85. The highest BCUT2D eigenvalue weighted by Gasteiger charge is 2.34. The number of carbonyl (C=O) groups is 1. The van der Waals surface area contributed by atoms with Gasteiger partial charge in [-0.25, -0.2) is 0 Å². The molecule has 25 heavy (non-hydrogen) atoms. The number of aromatic nitrogens is 1. The maximum Gasteiger partial charge on any atom is 0.400 e. The maximum atomic E-state index is 12.5. The number of fused-ring (bicyclic) bond motifs is 3. The Balaban J connectivity index is 1.38. The summed E-state index contributed by atoms with van der Waals surface area (Å²) in [5.74, 6) is 1.02. The van der Waals surface area contributed by atoms with E-state index in [4.69, 9.17) is 14.4 Å². The molecular weight excluding hydrogens is 320 g/mol. The highest BCUT2D eigenvalue weighted by molar-refractivity contribution is 5.94. The molecule has 0 radical (unpaired) electrons. The average Bonchev–Trinajstić information content (AvgIpc) is 3.11. The number of benzene rings is 1. The van der Waals surface area contributed by atoms with Crippen molar-refractivity contribution < 1.29 is 13.9 Å². The molecule has 0 unspecified atom stereocenters. The molecule has 0 saturated carbocycles. The smallest absolute Gasteiger partial charge is 0.400 e. The van der Waals surface area contributed by atoms with Crippen LogP contribution < -0.4 is 10.1 Å². The van der Waals surface area contributed by atoms with Gasteiger partial charge in [-0.3, -0.25) is 4.79 Å². The molecule has 0 aliphatic carbocycles. The summed E-state index contributed by atoms with van der Waals surface area (Å²) in [5.41, 5.74) is 0.748. The van der Waals surface area contributed by atoms with Gasteiger partial charge in [0.05, 0.1) is 0 Å². The molecule has 1 aromatic carbocycles. The van der Waals surface area contributed by atoms with Gasteiger partial charge in [-0.2, -0.15) is 10.2 Å². The van der Waals surface area contributed by atoms with Gasteiger partial charge in [0.1, 0.15) is 18.1 Å². The number of rotatable bonds is 4. The second kappa shape index (κ2) is 6.57. The van der Waals surface area contributed by atoms with Crippen LogP contribution in [-0.4, -0.2) is 41.5 Å². The third kappa shape index (κ3) is 3.35. The molecule has 3 aliphatic heterocycles. The zero-order valence-electron chi connectivity index (χ0n) is 13.6. The number of carbonyl (C=O) groups excluding carboxylic acids is 1. The lowest BCUT2D eigenvalue weighted by molar-refractivity contribution is 0.0620. The van der Waals surface area contributed by atoms with Gasteiger partial charge >= 0.3 is 6.08 Å². The molecular formula is C18H18N4O3. The van der Waals surface area contributed by atoms with Gasteiger partial charge in [0, 0.05) is 18.2 Å². The highest BCUT2D eigenvalue weighted by atomic mass is 16.6. The maximum absolute atomic E-state index is 12.5. The Kier molecular flexibility index (Phi) is 4.12.